The zero-order chi connectivity index (χ0) is 16.3. The maximum Gasteiger partial charge on any atom is 0.314 e. The van der Waals surface area contributed by atoms with Crippen LogP contribution in [0.25, 0.3) is 0 Å². The summed E-state index contributed by atoms with van der Waals surface area (Å²) in [6.45, 7) is 1.79. The molecule has 2 aromatic carbocycles. The van der Waals surface area contributed by atoms with Crippen LogP contribution in [0.2, 0.25) is 15.1 Å². The van der Waals surface area contributed by atoms with Gasteiger partial charge in [-0.1, -0.05) is 40.9 Å². The molecule has 0 radical (unpaired) electrons. The predicted octanol–water partition coefficient (Wildman–Crippen LogP) is 4.53. The molecule has 2 rings (SSSR count). The Hall–Kier alpha value is -1.75. The van der Waals surface area contributed by atoms with Crippen molar-refractivity contribution in [2.75, 3.05) is 10.6 Å². The standard InChI is InChI=1S/C15H11Cl3N2O2/c1-8-2-3-9(16)6-12(8)19-14(21)15(22)20-13-7-10(17)4-5-11(13)18/h2-7H,1H3,(H,19,21)(H,20,22). The summed E-state index contributed by atoms with van der Waals surface area (Å²) in [6, 6.07) is 9.56. The molecule has 7 heteroatoms. The molecule has 0 heterocycles. The molecule has 2 N–H and O–H groups in total. The molecule has 0 aliphatic rings. The van der Waals surface area contributed by atoms with E-state index in [1.54, 1.807) is 31.2 Å². The first kappa shape index (κ1) is 16.6. The Morgan fingerprint density at radius 3 is 1.95 bits per heavy atom. The molecule has 0 aliphatic heterocycles. The lowest BCUT2D eigenvalue weighted by Gasteiger charge is -2.10. The first-order valence-electron chi connectivity index (χ1n) is 6.20. The molecule has 22 heavy (non-hydrogen) atoms. The minimum atomic E-state index is -0.858. The normalized spacial score (nSPS) is 10.2. The topological polar surface area (TPSA) is 58.2 Å². The third-order valence-corrected chi connectivity index (χ3v) is 3.63. The van der Waals surface area contributed by atoms with Crippen molar-refractivity contribution in [2.24, 2.45) is 0 Å². The zero-order valence-corrected chi connectivity index (χ0v) is 13.7. The molecule has 0 atom stereocenters. The third-order valence-electron chi connectivity index (χ3n) is 2.83. The van der Waals surface area contributed by atoms with Crippen molar-refractivity contribution in [3.8, 4) is 0 Å². The number of nitrogens with one attached hydrogen (secondary N) is 2. The molecule has 0 fully saturated rings. The lowest BCUT2D eigenvalue weighted by molar-refractivity contribution is -0.133. The molecule has 0 bridgehead atoms. The van der Waals surface area contributed by atoms with Crippen LogP contribution in [0.3, 0.4) is 0 Å². The Bertz CT molecular complexity index is 684. The first-order valence-corrected chi connectivity index (χ1v) is 7.34. The van der Waals surface area contributed by atoms with E-state index in [4.69, 9.17) is 34.8 Å². The molecule has 0 aromatic heterocycles. The Labute approximate surface area is 142 Å². The van der Waals surface area contributed by atoms with Gasteiger partial charge in [-0.05, 0) is 42.8 Å². The fraction of sp³-hybridized carbons (Fsp3) is 0.0667. The van der Waals surface area contributed by atoms with Gasteiger partial charge in [-0.2, -0.15) is 0 Å². The van der Waals surface area contributed by atoms with E-state index in [2.05, 4.69) is 10.6 Å². The van der Waals surface area contributed by atoms with Gasteiger partial charge in [0.15, 0.2) is 0 Å². The molecule has 114 valence electrons. The van der Waals surface area contributed by atoms with Crippen molar-refractivity contribution in [1.29, 1.82) is 0 Å². The Kier molecular flexibility index (Phi) is 5.29. The zero-order valence-electron chi connectivity index (χ0n) is 11.4. The van der Waals surface area contributed by atoms with Crippen molar-refractivity contribution < 1.29 is 9.59 Å². The SMILES string of the molecule is Cc1ccc(Cl)cc1NC(=O)C(=O)Nc1cc(Cl)ccc1Cl. The monoisotopic (exact) mass is 356 g/mol. The van der Waals surface area contributed by atoms with E-state index in [1.807, 2.05) is 0 Å². The van der Waals surface area contributed by atoms with Gasteiger partial charge in [0.05, 0.1) is 10.7 Å². The number of carbonyl (C=O) groups excluding carboxylic acids is 2. The van der Waals surface area contributed by atoms with Crippen LogP contribution >= 0.6 is 34.8 Å². The van der Waals surface area contributed by atoms with E-state index in [0.717, 1.165) is 5.56 Å². The van der Waals surface area contributed by atoms with Crippen LogP contribution < -0.4 is 10.6 Å². The largest absolute Gasteiger partial charge is 0.317 e. The number of benzene rings is 2. The van der Waals surface area contributed by atoms with Crippen molar-refractivity contribution in [3.63, 3.8) is 0 Å². The Morgan fingerprint density at radius 2 is 1.32 bits per heavy atom. The molecular formula is C15H11Cl3N2O2. The van der Waals surface area contributed by atoms with Gasteiger partial charge in [-0.25, -0.2) is 0 Å². The van der Waals surface area contributed by atoms with Gasteiger partial charge in [-0.15, -0.1) is 0 Å². The lowest BCUT2D eigenvalue weighted by atomic mass is 10.2. The van der Waals surface area contributed by atoms with Gasteiger partial charge < -0.3 is 10.6 Å². The van der Waals surface area contributed by atoms with Gasteiger partial charge in [0.2, 0.25) is 0 Å². The fourth-order valence-electron chi connectivity index (χ4n) is 1.68. The van der Waals surface area contributed by atoms with E-state index in [-0.39, 0.29) is 10.7 Å². The number of aryl methyl sites for hydroxylation is 1. The smallest absolute Gasteiger partial charge is 0.314 e. The number of hydrogen-bond acceptors (Lipinski definition) is 2. The van der Waals surface area contributed by atoms with Crippen molar-refractivity contribution >= 4 is 58.0 Å². The number of rotatable bonds is 2. The predicted molar refractivity (Wildman–Crippen MR) is 89.9 cm³/mol. The second-order valence-corrected chi connectivity index (χ2v) is 5.77. The van der Waals surface area contributed by atoms with Crippen LogP contribution in [0.5, 0.6) is 0 Å². The van der Waals surface area contributed by atoms with Gasteiger partial charge >= 0.3 is 11.8 Å². The second kappa shape index (κ2) is 7.01. The molecule has 0 saturated heterocycles. The molecule has 0 spiro atoms. The summed E-state index contributed by atoms with van der Waals surface area (Å²) in [4.78, 5) is 23.9. The summed E-state index contributed by atoms with van der Waals surface area (Å²) < 4.78 is 0. The van der Waals surface area contributed by atoms with Gasteiger partial charge in [0.25, 0.3) is 0 Å². The minimum Gasteiger partial charge on any atom is -0.317 e. The average molecular weight is 358 g/mol. The maximum atomic E-state index is 11.9. The summed E-state index contributed by atoms with van der Waals surface area (Å²) in [7, 11) is 0. The minimum absolute atomic E-state index is 0.261. The van der Waals surface area contributed by atoms with E-state index >= 15 is 0 Å². The van der Waals surface area contributed by atoms with Crippen LogP contribution in [0.1, 0.15) is 5.56 Å². The average Bonchev–Trinajstić information content (AvgIpc) is 2.46. The number of halogens is 3. The van der Waals surface area contributed by atoms with Crippen molar-refractivity contribution in [2.45, 2.75) is 6.92 Å². The van der Waals surface area contributed by atoms with Gasteiger partial charge in [0.1, 0.15) is 0 Å². The fourth-order valence-corrected chi connectivity index (χ4v) is 2.19. The van der Waals surface area contributed by atoms with Gasteiger partial charge in [0, 0.05) is 15.7 Å². The molecular weight excluding hydrogens is 347 g/mol. The highest BCUT2D eigenvalue weighted by molar-refractivity contribution is 6.45. The second-order valence-electron chi connectivity index (χ2n) is 4.49. The number of anilines is 2. The summed E-state index contributed by atoms with van der Waals surface area (Å²) in [5.74, 6) is -1.69. The summed E-state index contributed by atoms with van der Waals surface area (Å²) >= 11 is 17.6. The number of carbonyl (C=O) groups is 2. The van der Waals surface area contributed by atoms with Crippen LogP contribution in [0.15, 0.2) is 36.4 Å². The molecule has 4 nitrogen and oxygen atoms in total. The van der Waals surface area contributed by atoms with Crippen molar-refractivity contribution in [1.82, 2.24) is 0 Å². The summed E-state index contributed by atoms with van der Waals surface area (Å²) in [5.41, 5.74) is 1.51. The first-order chi connectivity index (χ1) is 10.4. The summed E-state index contributed by atoms with van der Waals surface area (Å²) in [5, 5.41) is 6.03. The highest BCUT2D eigenvalue weighted by Gasteiger charge is 2.16. The van der Waals surface area contributed by atoms with Crippen molar-refractivity contribution in [3.05, 3.63) is 57.0 Å². The number of amides is 2. The third kappa shape index (κ3) is 4.13. The molecule has 0 unspecified atom stereocenters. The molecule has 2 aromatic rings. The lowest BCUT2D eigenvalue weighted by Crippen LogP contribution is -2.29. The van der Waals surface area contributed by atoms with Crippen LogP contribution in [-0.2, 0) is 9.59 Å². The molecule has 0 aliphatic carbocycles. The van der Waals surface area contributed by atoms with Gasteiger partial charge in [-0.3, -0.25) is 9.59 Å². The quantitative estimate of drug-likeness (QED) is 0.776. The highest BCUT2D eigenvalue weighted by atomic mass is 35.5. The van der Waals surface area contributed by atoms with E-state index in [1.165, 1.54) is 12.1 Å². The molecule has 2 amide bonds. The van der Waals surface area contributed by atoms with Crippen LogP contribution in [0, 0.1) is 6.92 Å². The van der Waals surface area contributed by atoms with E-state index in [0.29, 0.717) is 15.7 Å². The summed E-state index contributed by atoms with van der Waals surface area (Å²) in [6.07, 6.45) is 0. The van der Waals surface area contributed by atoms with E-state index in [9.17, 15) is 9.59 Å². The maximum absolute atomic E-state index is 11.9. The van der Waals surface area contributed by atoms with E-state index < -0.39 is 11.8 Å². The molecule has 0 saturated carbocycles. The Morgan fingerprint density at radius 1 is 0.818 bits per heavy atom. The highest BCUT2D eigenvalue weighted by Crippen LogP contribution is 2.25. The van der Waals surface area contributed by atoms with Crippen LogP contribution in [-0.4, -0.2) is 11.8 Å². The van der Waals surface area contributed by atoms with Crippen LogP contribution in [0.4, 0.5) is 11.4 Å². The number of hydrogen-bond donors (Lipinski definition) is 2. The Balaban J connectivity index is 2.11.